The number of fused-ring (bicyclic) bond motifs is 9. The van der Waals surface area contributed by atoms with Gasteiger partial charge in [-0.15, -0.1) is 0 Å². The van der Waals surface area contributed by atoms with Crippen LogP contribution in [0.4, 0.5) is 0 Å². The minimum atomic E-state index is -3.98. The van der Waals surface area contributed by atoms with Gasteiger partial charge >= 0.3 is 0 Å². The van der Waals surface area contributed by atoms with E-state index in [4.69, 9.17) is 9.47 Å². The first kappa shape index (κ1) is 32.1. The van der Waals surface area contributed by atoms with Gasteiger partial charge in [-0.2, -0.15) is 4.31 Å². The lowest BCUT2D eigenvalue weighted by Gasteiger charge is -2.31. The Kier molecular flexibility index (Phi) is 10.8. The molecule has 1 amide bonds. The molecule has 3 aromatic rings. The zero-order valence-electron chi connectivity index (χ0n) is 24.8. The molecule has 0 fully saturated rings. The molecule has 43 heavy (non-hydrogen) atoms. The average Bonchev–Trinajstić information content (AvgIpc) is 2.98. The van der Waals surface area contributed by atoms with Gasteiger partial charge in [0.15, 0.2) is 0 Å². The number of nitrogens with one attached hydrogen (secondary N) is 1. The minimum absolute atomic E-state index is 0.0130. The summed E-state index contributed by atoms with van der Waals surface area (Å²) in [6.07, 6.45) is 3.82. The van der Waals surface area contributed by atoms with E-state index >= 15 is 0 Å². The standard InChI is InChI=1S/C33H40N2O7S/c1-23(2)21-35(43(39,40)27-17-15-25(41-3)16-18-27)22-32(37)30-20-24-11-13-26(14-12-24)42-19-6-4-5-8-28-29(33(38)34-30)9-7-10-31(28)36/h4,6-7,9-18,23,30,32,36-37H,5,8,19-22H2,1-3H3,(H,34,38)/b6-4+/t30-,32+/m0/s1. The van der Waals surface area contributed by atoms with Crippen molar-refractivity contribution in [2.45, 2.75) is 50.2 Å². The third-order valence-electron chi connectivity index (χ3n) is 7.29. The molecule has 10 heteroatoms. The van der Waals surface area contributed by atoms with Gasteiger partial charge in [0.05, 0.1) is 24.2 Å². The van der Waals surface area contributed by atoms with E-state index in [1.807, 2.05) is 50.3 Å². The lowest BCUT2D eigenvalue weighted by molar-refractivity contribution is 0.0774. The van der Waals surface area contributed by atoms with Crippen molar-refractivity contribution in [3.8, 4) is 17.2 Å². The smallest absolute Gasteiger partial charge is 0.252 e. The SMILES string of the molecule is COc1ccc(S(=O)(=O)N(CC(C)C)C[C@@H](O)[C@@H]2Cc3ccc(cc3)OC/C=C/CCc3c(O)cccc3C(=O)N2)cc1. The van der Waals surface area contributed by atoms with Gasteiger partial charge < -0.3 is 25.0 Å². The van der Waals surface area contributed by atoms with Crippen molar-refractivity contribution in [2.75, 3.05) is 26.8 Å². The van der Waals surface area contributed by atoms with Crippen molar-refractivity contribution in [3.05, 3.63) is 95.6 Å². The Bertz CT molecular complexity index is 1500. The van der Waals surface area contributed by atoms with E-state index in [0.29, 0.717) is 42.1 Å². The number of hydrogen-bond donors (Lipinski definition) is 3. The van der Waals surface area contributed by atoms with Gasteiger partial charge in [0.2, 0.25) is 10.0 Å². The van der Waals surface area contributed by atoms with E-state index in [1.165, 1.54) is 23.5 Å². The molecule has 0 spiro atoms. The van der Waals surface area contributed by atoms with Gasteiger partial charge in [0.25, 0.3) is 5.91 Å². The number of phenolic OH excluding ortho intramolecular Hbond substituents is 1. The van der Waals surface area contributed by atoms with Gasteiger partial charge in [0.1, 0.15) is 23.9 Å². The van der Waals surface area contributed by atoms with Crippen molar-refractivity contribution >= 4 is 15.9 Å². The summed E-state index contributed by atoms with van der Waals surface area (Å²) in [5, 5.41) is 25.1. The highest BCUT2D eigenvalue weighted by atomic mass is 32.2. The first-order valence-corrected chi connectivity index (χ1v) is 15.8. The molecule has 0 aromatic heterocycles. The third-order valence-corrected chi connectivity index (χ3v) is 9.13. The summed E-state index contributed by atoms with van der Waals surface area (Å²) in [5.41, 5.74) is 1.62. The molecule has 0 unspecified atom stereocenters. The Morgan fingerprint density at radius 1 is 1.02 bits per heavy atom. The fourth-order valence-corrected chi connectivity index (χ4v) is 6.65. The van der Waals surface area contributed by atoms with Gasteiger partial charge in [-0.25, -0.2) is 8.42 Å². The highest BCUT2D eigenvalue weighted by Crippen LogP contribution is 2.25. The second-order valence-corrected chi connectivity index (χ2v) is 12.9. The Labute approximate surface area is 253 Å². The predicted molar refractivity (Wildman–Crippen MR) is 165 cm³/mol. The van der Waals surface area contributed by atoms with Crippen molar-refractivity contribution in [1.82, 2.24) is 9.62 Å². The lowest BCUT2D eigenvalue weighted by atomic mass is 9.97. The quantitative estimate of drug-likeness (QED) is 0.325. The van der Waals surface area contributed by atoms with Crippen LogP contribution in [0.5, 0.6) is 17.2 Å². The summed E-state index contributed by atoms with van der Waals surface area (Å²) in [7, 11) is -2.47. The maximum Gasteiger partial charge on any atom is 0.252 e. The average molecular weight is 609 g/mol. The number of methoxy groups -OCH3 is 1. The number of aliphatic hydroxyl groups excluding tert-OH is 1. The Morgan fingerprint density at radius 2 is 1.74 bits per heavy atom. The number of benzene rings is 3. The molecule has 2 heterocycles. The Morgan fingerprint density at radius 3 is 2.42 bits per heavy atom. The molecule has 230 valence electrons. The van der Waals surface area contributed by atoms with Gasteiger partial charge in [-0.1, -0.05) is 44.2 Å². The van der Waals surface area contributed by atoms with Crippen molar-refractivity contribution in [2.24, 2.45) is 5.92 Å². The third kappa shape index (κ3) is 8.37. The molecule has 0 radical (unpaired) electrons. The number of hydrogen-bond acceptors (Lipinski definition) is 7. The second kappa shape index (κ2) is 14.5. The number of allylic oxidation sites excluding steroid dienone is 1. The topological polar surface area (TPSA) is 125 Å². The molecular formula is C33H40N2O7S. The molecular weight excluding hydrogens is 568 g/mol. The van der Waals surface area contributed by atoms with Crippen LogP contribution in [0.1, 0.15) is 41.8 Å². The number of aromatic hydroxyl groups is 1. The number of ether oxygens (including phenoxy) is 2. The minimum Gasteiger partial charge on any atom is -0.508 e. The second-order valence-electron chi connectivity index (χ2n) is 11.0. The predicted octanol–water partition coefficient (Wildman–Crippen LogP) is 4.33. The highest BCUT2D eigenvalue weighted by Gasteiger charge is 2.32. The first-order valence-electron chi connectivity index (χ1n) is 14.4. The fourth-order valence-electron chi connectivity index (χ4n) is 5.02. The molecule has 0 aliphatic carbocycles. The summed E-state index contributed by atoms with van der Waals surface area (Å²) in [6, 6.07) is 17.4. The first-order chi connectivity index (χ1) is 20.6. The molecule has 2 aliphatic heterocycles. The molecule has 0 saturated carbocycles. The number of nitrogens with zero attached hydrogens (tertiary/aromatic N) is 1. The van der Waals surface area contributed by atoms with Crippen molar-refractivity contribution in [3.63, 3.8) is 0 Å². The highest BCUT2D eigenvalue weighted by molar-refractivity contribution is 7.89. The van der Waals surface area contributed by atoms with E-state index in [2.05, 4.69) is 5.32 Å². The number of amides is 1. The summed E-state index contributed by atoms with van der Waals surface area (Å²) in [5.74, 6) is 0.738. The Balaban J connectivity index is 1.67. The van der Waals surface area contributed by atoms with Crippen LogP contribution >= 0.6 is 0 Å². The van der Waals surface area contributed by atoms with E-state index in [9.17, 15) is 23.4 Å². The molecule has 2 aliphatic rings. The zero-order valence-corrected chi connectivity index (χ0v) is 25.6. The fraction of sp³-hybridized carbons (Fsp3) is 0.364. The molecule has 3 aromatic carbocycles. The lowest BCUT2D eigenvalue weighted by Crippen LogP contribution is -2.51. The molecule has 2 bridgehead atoms. The maximum atomic E-state index is 13.7. The summed E-state index contributed by atoms with van der Waals surface area (Å²) in [6.45, 7) is 4.11. The van der Waals surface area contributed by atoms with Gasteiger partial charge in [0, 0.05) is 24.2 Å². The number of sulfonamides is 1. The summed E-state index contributed by atoms with van der Waals surface area (Å²) < 4.78 is 39.7. The van der Waals surface area contributed by atoms with Crippen molar-refractivity contribution in [1.29, 1.82) is 0 Å². The van der Waals surface area contributed by atoms with Crippen LogP contribution in [0, 0.1) is 5.92 Å². The van der Waals surface area contributed by atoms with Gasteiger partial charge in [-0.05, 0) is 79.3 Å². The largest absolute Gasteiger partial charge is 0.508 e. The molecule has 2 atom stereocenters. The zero-order chi connectivity index (χ0) is 31.0. The number of carbonyl (C=O) groups excluding carboxylic acids is 1. The molecule has 0 saturated heterocycles. The molecule has 3 N–H and O–H groups in total. The van der Waals surface area contributed by atoms with Crippen LogP contribution in [0.15, 0.2) is 83.8 Å². The maximum absolute atomic E-state index is 13.7. The van der Waals surface area contributed by atoms with Crippen LogP contribution in [0.25, 0.3) is 0 Å². The van der Waals surface area contributed by atoms with E-state index in [-0.39, 0.29) is 36.1 Å². The van der Waals surface area contributed by atoms with Crippen LogP contribution in [0.2, 0.25) is 0 Å². The number of rotatable bonds is 8. The molecule has 9 nitrogen and oxygen atoms in total. The molecule has 5 rings (SSSR count). The summed E-state index contributed by atoms with van der Waals surface area (Å²) >= 11 is 0. The van der Waals surface area contributed by atoms with E-state index in [0.717, 1.165) is 5.56 Å². The van der Waals surface area contributed by atoms with Crippen LogP contribution in [-0.4, -0.2) is 67.8 Å². The van der Waals surface area contributed by atoms with Crippen LogP contribution in [-0.2, 0) is 22.9 Å². The number of aliphatic hydroxyl groups is 1. The number of phenols is 1. The van der Waals surface area contributed by atoms with E-state index in [1.54, 1.807) is 30.3 Å². The summed E-state index contributed by atoms with van der Waals surface area (Å²) in [4.78, 5) is 13.7. The van der Waals surface area contributed by atoms with Gasteiger partial charge in [-0.3, -0.25) is 4.79 Å². The number of carbonyl (C=O) groups is 1. The van der Waals surface area contributed by atoms with E-state index < -0.39 is 28.1 Å². The Hall–Kier alpha value is -3.86. The van der Waals surface area contributed by atoms with Crippen LogP contribution < -0.4 is 14.8 Å². The normalized spacial score (nSPS) is 17.6. The van der Waals surface area contributed by atoms with Crippen molar-refractivity contribution < 1.29 is 32.9 Å². The monoisotopic (exact) mass is 608 g/mol. The van der Waals surface area contributed by atoms with Crippen LogP contribution in [0.3, 0.4) is 0 Å².